The summed E-state index contributed by atoms with van der Waals surface area (Å²) >= 11 is 5.99. The molecule has 0 spiro atoms. The van der Waals surface area contributed by atoms with Crippen molar-refractivity contribution in [2.75, 3.05) is 11.9 Å². The third kappa shape index (κ3) is 3.11. The zero-order valence-electron chi connectivity index (χ0n) is 8.02. The van der Waals surface area contributed by atoms with E-state index in [-0.39, 0.29) is 0 Å². The average molecular weight is 196 g/mol. The Labute approximate surface area is 84.4 Å². The van der Waals surface area contributed by atoms with Crippen LogP contribution < -0.4 is 5.32 Å². The Morgan fingerprint density at radius 1 is 1.54 bits per heavy atom. The van der Waals surface area contributed by atoms with E-state index in [1.54, 1.807) is 0 Å². The van der Waals surface area contributed by atoms with Gasteiger partial charge < -0.3 is 5.32 Å². The summed E-state index contributed by atoms with van der Waals surface area (Å²) in [5.74, 6) is 0. The number of anilines is 1. The number of nitrogens with one attached hydrogen (secondary N) is 1. The molecule has 1 N–H and O–H groups in total. The van der Waals surface area contributed by atoms with Crippen LogP contribution in [0, 0.1) is 6.92 Å². The Kier molecular flexibility index (Phi) is 3.38. The van der Waals surface area contributed by atoms with Gasteiger partial charge in [0.15, 0.2) is 0 Å². The molecule has 1 nitrogen and oxygen atoms in total. The Bertz CT molecular complexity index is 318. The average Bonchev–Trinajstić information content (AvgIpc) is 2.06. The zero-order chi connectivity index (χ0) is 9.84. The van der Waals surface area contributed by atoms with E-state index in [1.807, 2.05) is 32.0 Å². The van der Waals surface area contributed by atoms with E-state index >= 15 is 0 Å². The molecule has 0 saturated heterocycles. The third-order valence-electron chi connectivity index (χ3n) is 1.70. The molecule has 0 radical (unpaired) electrons. The lowest BCUT2D eigenvalue weighted by molar-refractivity contribution is 1.21. The minimum absolute atomic E-state index is 0.756. The number of halogens is 1. The smallest absolute Gasteiger partial charge is 0.0637 e. The molecule has 0 heterocycles. The molecule has 0 aliphatic carbocycles. The summed E-state index contributed by atoms with van der Waals surface area (Å²) in [5.41, 5.74) is 3.27. The second kappa shape index (κ2) is 4.33. The maximum Gasteiger partial charge on any atom is 0.0637 e. The van der Waals surface area contributed by atoms with Gasteiger partial charge >= 0.3 is 0 Å². The van der Waals surface area contributed by atoms with E-state index in [4.69, 9.17) is 11.6 Å². The van der Waals surface area contributed by atoms with Crippen LogP contribution in [0.3, 0.4) is 0 Å². The largest absolute Gasteiger partial charge is 0.380 e. The van der Waals surface area contributed by atoms with E-state index in [1.165, 1.54) is 5.56 Å². The molecule has 1 aromatic rings. The van der Waals surface area contributed by atoms with E-state index in [9.17, 15) is 0 Å². The van der Waals surface area contributed by atoms with Gasteiger partial charge in [0.05, 0.1) is 10.7 Å². The van der Waals surface area contributed by atoms with E-state index in [0.717, 1.165) is 22.8 Å². The molecule has 0 bridgehead atoms. The molecule has 13 heavy (non-hydrogen) atoms. The van der Waals surface area contributed by atoms with Crippen molar-refractivity contribution in [3.63, 3.8) is 0 Å². The van der Waals surface area contributed by atoms with Crippen LogP contribution in [0.25, 0.3) is 0 Å². The molecule has 0 atom stereocenters. The zero-order valence-corrected chi connectivity index (χ0v) is 8.78. The highest BCUT2D eigenvalue weighted by atomic mass is 35.5. The van der Waals surface area contributed by atoms with Crippen molar-refractivity contribution in [2.45, 2.75) is 13.8 Å². The Morgan fingerprint density at radius 2 is 2.23 bits per heavy atom. The van der Waals surface area contributed by atoms with Crippen LogP contribution in [-0.4, -0.2) is 6.54 Å². The molecular formula is C11H14ClN. The van der Waals surface area contributed by atoms with Crippen molar-refractivity contribution in [2.24, 2.45) is 0 Å². The number of rotatable bonds is 3. The van der Waals surface area contributed by atoms with E-state index in [2.05, 4.69) is 11.9 Å². The second-order valence-electron chi connectivity index (χ2n) is 3.29. The molecule has 0 fully saturated rings. The van der Waals surface area contributed by atoms with Crippen LogP contribution in [0.2, 0.25) is 5.02 Å². The van der Waals surface area contributed by atoms with E-state index in [0.29, 0.717) is 0 Å². The Hall–Kier alpha value is -0.950. The molecule has 1 rings (SSSR count). The van der Waals surface area contributed by atoms with Gasteiger partial charge in [-0.05, 0) is 31.5 Å². The lowest BCUT2D eigenvalue weighted by atomic mass is 10.2. The summed E-state index contributed by atoms with van der Waals surface area (Å²) in [4.78, 5) is 0. The summed E-state index contributed by atoms with van der Waals surface area (Å²) in [5, 5.41) is 3.98. The van der Waals surface area contributed by atoms with Crippen molar-refractivity contribution < 1.29 is 0 Å². The molecule has 70 valence electrons. The first-order chi connectivity index (χ1) is 6.09. The maximum absolute atomic E-state index is 5.99. The van der Waals surface area contributed by atoms with Crippen LogP contribution in [0.4, 0.5) is 5.69 Å². The topological polar surface area (TPSA) is 12.0 Å². The van der Waals surface area contributed by atoms with Crippen molar-refractivity contribution in [3.8, 4) is 0 Å². The fraction of sp³-hybridized carbons (Fsp3) is 0.273. The SMILES string of the molecule is C=C(C)CNc1cc(C)ccc1Cl. The van der Waals surface area contributed by atoms with Gasteiger partial charge in [0, 0.05) is 6.54 Å². The first kappa shape index (κ1) is 10.1. The predicted molar refractivity (Wildman–Crippen MR) is 59.5 cm³/mol. The van der Waals surface area contributed by atoms with Gasteiger partial charge in [-0.3, -0.25) is 0 Å². The highest BCUT2D eigenvalue weighted by Gasteiger charge is 1.98. The van der Waals surface area contributed by atoms with Gasteiger partial charge in [0.25, 0.3) is 0 Å². The summed E-state index contributed by atoms with van der Waals surface area (Å²) in [7, 11) is 0. The Balaban J connectivity index is 2.75. The molecule has 1 aromatic carbocycles. The first-order valence-corrected chi connectivity index (χ1v) is 4.62. The molecule has 0 saturated carbocycles. The number of hydrogen-bond acceptors (Lipinski definition) is 1. The normalized spacial score (nSPS) is 9.77. The summed E-state index contributed by atoms with van der Waals surface area (Å²) in [6.45, 7) is 8.61. The van der Waals surface area contributed by atoms with Gasteiger partial charge in [-0.15, -0.1) is 0 Å². The minimum atomic E-state index is 0.756. The maximum atomic E-state index is 5.99. The fourth-order valence-electron chi connectivity index (χ4n) is 1.02. The molecule has 0 unspecified atom stereocenters. The fourth-order valence-corrected chi connectivity index (χ4v) is 1.21. The van der Waals surface area contributed by atoms with Gasteiger partial charge in [-0.2, -0.15) is 0 Å². The first-order valence-electron chi connectivity index (χ1n) is 4.24. The Morgan fingerprint density at radius 3 is 2.85 bits per heavy atom. The van der Waals surface area contributed by atoms with Crippen molar-refractivity contribution in [1.82, 2.24) is 0 Å². The standard InChI is InChI=1S/C11H14ClN/c1-8(2)7-13-11-6-9(3)4-5-10(11)12/h4-6,13H,1,7H2,2-3H3. The van der Waals surface area contributed by atoms with Crippen LogP contribution in [-0.2, 0) is 0 Å². The monoisotopic (exact) mass is 195 g/mol. The van der Waals surface area contributed by atoms with Crippen LogP contribution >= 0.6 is 11.6 Å². The van der Waals surface area contributed by atoms with E-state index < -0.39 is 0 Å². The summed E-state index contributed by atoms with van der Waals surface area (Å²) in [6, 6.07) is 5.93. The van der Waals surface area contributed by atoms with Crippen LogP contribution in [0.1, 0.15) is 12.5 Å². The lowest BCUT2D eigenvalue weighted by Gasteiger charge is -2.08. The third-order valence-corrected chi connectivity index (χ3v) is 2.03. The highest BCUT2D eigenvalue weighted by Crippen LogP contribution is 2.22. The van der Waals surface area contributed by atoms with Gasteiger partial charge in [-0.1, -0.05) is 29.8 Å². The lowest BCUT2D eigenvalue weighted by Crippen LogP contribution is -2.02. The number of benzene rings is 1. The molecule has 0 aliphatic rings. The van der Waals surface area contributed by atoms with Crippen molar-refractivity contribution in [1.29, 1.82) is 0 Å². The quantitative estimate of drug-likeness (QED) is 0.727. The van der Waals surface area contributed by atoms with Gasteiger partial charge in [0.2, 0.25) is 0 Å². The van der Waals surface area contributed by atoms with Crippen LogP contribution in [0.15, 0.2) is 30.4 Å². The van der Waals surface area contributed by atoms with Gasteiger partial charge in [-0.25, -0.2) is 0 Å². The van der Waals surface area contributed by atoms with Crippen molar-refractivity contribution in [3.05, 3.63) is 40.9 Å². The van der Waals surface area contributed by atoms with Gasteiger partial charge in [0.1, 0.15) is 0 Å². The number of hydrogen-bond donors (Lipinski definition) is 1. The highest BCUT2D eigenvalue weighted by molar-refractivity contribution is 6.33. The molecule has 2 heteroatoms. The molecular weight excluding hydrogens is 182 g/mol. The second-order valence-corrected chi connectivity index (χ2v) is 3.70. The summed E-state index contributed by atoms with van der Waals surface area (Å²) < 4.78 is 0. The minimum Gasteiger partial charge on any atom is -0.380 e. The molecule has 0 aromatic heterocycles. The van der Waals surface area contributed by atoms with Crippen molar-refractivity contribution >= 4 is 17.3 Å². The summed E-state index contributed by atoms with van der Waals surface area (Å²) in [6.07, 6.45) is 0. The predicted octanol–water partition coefficient (Wildman–Crippen LogP) is 3.64. The number of aryl methyl sites for hydroxylation is 1. The van der Waals surface area contributed by atoms with Crippen LogP contribution in [0.5, 0.6) is 0 Å². The molecule has 0 aliphatic heterocycles. The molecule has 0 amide bonds.